The molecule has 1 heterocycles. The molecule has 0 bridgehead atoms. The molecule has 0 fully saturated rings. The van der Waals surface area contributed by atoms with Gasteiger partial charge >= 0.3 is 6.09 Å². The molecule has 4 nitrogen and oxygen atoms in total. The van der Waals surface area contributed by atoms with Crippen molar-refractivity contribution in [2.45, 2.75) is 13.8 Å². The maximum Gasteiger partial charge on any atom is 0.418 e. The second-order valence-corrected chi connectivity index (χ2v) is 3.63. The van der Waals surface area contributed by atoms with E-state index in [1.165, 1.54) is 22.9 Å². The highest BCUT2D eigenvalue weighted by atomic mass is 19.1. The zero-order valence-electron chi connectivity index (χ0n) is 10.3. The summed E-state index contributed by atoms with van der Waals surface area (Å²) in [5, 5.41) is 0.342. The molecule has 0 radical (unpaired) electrons. The van der Waals surface area contributed by atoms with Crippen molar-refractivity contribution in [1.29, 1.82) is 0 Å². The van der Waals surface area contributed by atoms with Gasteiger partial charge < -0.3 is 9.47 Å². The Morgan fingerprint density at radius 2 is 2.06 bits per heavy atom. The lowest BCUT2D eigenvalue weighted by molar-refractivity contribution is 0.155. The topological polar surface area (TPSA) is 40.5 Å². The average molecular weight is 251 g/mol. The van der Waals surface area contributed by atoms with Crippen molar-refractivity contribution in [3.8, 4) is 5.75 Å². The fourth-order valence-corrected chi connectivity index (χ4v) is 1.78. The first kappa shape index (κ1) is 12.4. The molecule has 2 rings (SSSR count). The summed E-state index contributed by atoms with van der Waals surface area (Å²) in [7, 11) is 0. The number of nitrogens with zero attached hydrogens (tertiary/aromatic N) is 1. The molecule has 1 aromatic carbocycles. The lowest BCUT2D eigenvalue weighted by atomic mass is 10.2. The predicted molar refractivity (Wildman–Crippen MR) is 65.5 cm³/mol. The third kappa shape index (κ3) is 2.03. The summed E-state index contributed by atoms with van der Waals surface area (Å²) in [4.78, 5) is 11.6. The van der Waals surface area contributed by atoms with Crippen molar-refractivity contribution in [3.05, 3.63) is 30.2 Å². The Kier molecular flexibility index (Phi) is 3.50. The fraction of sp³-hybridized carbons (Fsp3) is 0.308. The van der Waals surface area contributed by atoms with E-state index in [1.54, 1.807) is 19.9 Å². The van der Waals surface area contributed by atoms with Crippen LogP contribution in [0.5, 0.6) is 5.75 Å². The molecule has 0 saturated carbocycles. The molecule has 18 heavy (non-hydrogen) atoms. The second-order valence-electron chi connectivity index (χ2n) is 3.63. The second kappa shape index (κ2) is 5.08. The maximum atomic E-state index is 14.0. The van der Waals surface area contributed by atoms with Gasteiger partial charge in [-0.25, -0.2) is 9.18 Å². The average Bonchev–Trinajstić information content (AvgIpc) is 2.78. The van der Waals surface area contributed by atoms with Crippen molar-refractivity contribution in [1.82, 2.24) is 4.57 Å². The van der Waals surface area contributed by atoms with Crippen LogP contribution in [0.1, 0.15) is 13.8 Å². The van der Waals surface area contributed by atoms with Gasteiger partial charge in [-0.3, -0.25) is 4.57 Å². The maximum absolute atomic E-state index is 14.0. The molecule has 0 saturated heterocycles. The minimum Gasteiger partial charge on any atom is -0.491 e. The van der Waals surface area contributed by atoms with Gasteiger partial charge in [0.15, 0.2) is 11.6 Å². The molecule has 1 aromatic heterocycles. The highest BCUT2D eigenvalue weighted by molar-refractivity contribution is 5.90. The van der Waals surface area contributed by atoms with Gasteiger partial charge in [0.2, 0.25) is 0 Å². The van der Waals surface area contributed by atoms with E-state index in [-0.39, 0.29) is 12.4 Å². The molecule has 0 aliphatic heterocycles. The lowest BCUT2D eigenvalue weighted by Crippen LogP contribution is -2.12. The van der Waals surface area contributed by atoms with E-state index in [9.17, 15) is 9.18 Å². The number of hydrogen-bond donors (Lipinski definition) is 0. The number of carbonyl (C=O) groups is 1. The number of benzene rings is 1. The Morgan fingerprint density at radius 3 is 2.72 bits per heavy atom. The predicted octanol–water partition coefficient (Wildman–Crippen LogP) is 3.18. The fourth-order valence-electron chi connectivity index (χ4n) is 1.78. The van der Waals surface area contributed by atoms with Crippen LogP contribution >= 0.6 is 0 Å². The van der Waals surface area contributed by atoms with E-state index >= 15 is 0 Å². The molecule has 0 amide bonds. The third-order valence-corrected chi connectivity index (χ3v) is 2.54. The minimum atomic E-state index is -0.518. The summed E-state index contributed by atoms with van der Waals surface area (Å²) in [5.41, 5.74) is 0.467. The highest BCUT2D eigenvalue weighted by Gasteiger charge is 2.15. The monoisotopic (exact) mass is 251 g/mol. The quantitative estimate of drug-likeness (QED) is 0.841. The molecule has 0 N–H and O–H groups in total. The molecule has 0 unspecified atom stereocenters. The largest absolute Gasteiger partial charge is 0.491 e. The van der Waals surface area contributed by atoms with E-state index in [0.717, 1.165) is 0 Å². The number of hydrogen-bond acceptors (Lipinski definition) is 3. The van der Waals surface area contributed by atoms with Crippen molar-refractivity contribution >= 4 is 17.0 Å². The molecule has 5 heteroatoms. The van der Waals surface area contributed by atoms with E-state index in [4.69, 9.17) is 9.47 Å². The van der Waals surface area contributed by atoms with Crippen molar-refractivity contribution in [2.24, 2.45) is 0 Å². The van der Waals surface area contributed by atoms with E-state index in [1.807, 2.05) is 0 Å². The van der Waals surface area contributed by atoms with Gasteiger partial charge in [0, 0.05) is 11.6 Å². The summed E-state index contributed by atoms with van der Waals surface area (Å²) in [6, 6.07) is 4.68. The van der Waals surface area contributed by atoms with Crippen molar-refractivity contribution < 1.29 is 18.7 Å². The number of fused-ring (bicyclic) bond motifs is 1. The first-order chi connectivity index (χ1) is 8.69. The van der Waals surface area contributed by atoms with Crippen LogP contribution in [0.2, 0.25) is 0 Å². The molecule has 2 aromatic rings. The van der Waals surface area contributed by atoms with Crippen LogP contribution in [0.4, 0.5) is 9.18 Å². The van der Waals surface area contributed by atoms with Crippen molar-refractivity contribution in [3.63, 3.8) is 0 Å². The number of aromatic nitrogens is 1. The van der Waals surface area contributed by atoms with Gasteiger partial charge in [-0.05, 0) is 32.0 Å². The summed E-state index contributed by atoms with van der Waals surface area (Å²) >= 11 is 0. The van der Waals surface area contributed by atoms with Gasteiger partial charge in [-0.2, -0.15) is 0 Å². The van der Waals surface area contributed by atoms with Crippen LogP contribution in [0.3, 0.4) is 0 Å². The summed E-state index contributed by atoms with van der Waals surface area (Å²) < 4.78 is 25.3. The Bertz CT molecular complexity index is 577. The number of rotatable bonds is 3. The zero-order chi connectivity index (χ0) is 13.1. The van der Waals surface area contributed by atoms with Crippen molar-refractivity contribution in [2.75, 3.05) is 13.2 Å². The number of carbonyl (C=O) groups excluding carboxylic acids is 1. The SMILES string of the molecule is CCOC(=O)n1ccc2c(F)c(OCC)ccc21. The number of halogens is 1. The van der Waals surface area contributed by atoms with Gasteiger partial charge in [0.25, 0.3) is 0 Å². The Labute approximate surface area is 104 Å². The van der Waals surface area contributed by atoms with Gasteiger partial charge in [-0.1, -0.05) is 0 Å². The van der Waals surface area contributed by atoms with Gasteiger partial charge in [0.05, 0.1) is 18.7 Å². The molecule has 0 spiro atoms. The van der Waals surface area contributed by atoms with E-state index < -0.39 is 11.9 Å². The van der Waals surface area contributed by atoms with Crippen LogP contribution in [0.25, 0.3) is 10.9 Å². The standard InChI is InChI=1S/C13H14FNO3/c1-3-17-11-6-5-10-9(12(11)14)7-8-15(10)13(16)18-4-2/h5-8H,3-4H2,1-2H3. The Balaban J connectivity index is 2.49. The van der Waals surface area contributed by atoms with Crippen LogP contribution in [0, 0.1) is 5.82 Å². The molecule has 0 aliphatic rings. The smallest absolute Gasteiger partial charge is 0.418 e. The summed E-state index contributed by atoms with van der Waals surface area (Å²) in [5.74, 6) is -0.274. The van der Waals surface area contributed by atoms with Crippen LogP contribution in [0.15, 0.2) is 24.4 Å². The van der Waals surface area contributed by atoms with E-state index in [2.05, 4.69) is 0 Å². The van der Waals surface area contributed by atoms with Crippen LogP contribution in [-0.4, -0.2) is 23.9 Å². The summed E-state index contributed by atoms with van der Waals surface area (Å²) in [6.07, 6.45) is 0.970. The lowest BCUT2D eigenvalue weighted by Gasteiger charge is -2.07. The van der Waals surface area contributed by atoms with Crippen LogP contribution in [-0.2, 0) is 4.74 Å². The molecule has 96 valence electrons. The summed E-state index contributed by atoms with van der Waals surface area (Å²) in [6.45, 7) is 4.17. The molecular formula is C13H14FNO3. The minimum absolute atomic E-state index is 0.187. The Morgan fingerprint density at radius 1 is 1.28 bits per heavy atom. The highest BCUT2D eigenvalue weighted by Crippen LogP contribution is 2.27. The Hall–Kier alpha value is -2.04. The van der Waals surface area contributed by atoms with Gasteiger partial charge in [0.1, 0.15) is 0 Å². The first-order valence-electron chi connectivity index (χ1n) is 5.78. The molecule has 0 atom stereocenters. The zero-order valence-corrected chi connectivity index (χ0v) is 10.3. The first-order valence-corrected chi connectivity index (χ1v) is 5.78. The van der Waals surface area contributed by atoms with Crippen LogP contribution < -0.4 is 4.74 Å². The van der Waals surface area contributed by atoms with Gasteiger partial charge in [-0.15, -0.1) is 0 Å². The normalized spacial score (nSPS) is 10.6. The van der Waals surface area contributed by atoms with E-state index in [0.29, 0.717) is 17.5 Å². The molecule has 0 aliphatic carbocycles. The molecular weight excluding hydrogens is 237 g/mol. The third-order valence-electron chi connectivity index (χ3n) is 2.54. The number of ether oxygens (including phenoxy) is 2.